The van der Waals surface area contributed by atoms with Gasteiger partial charge in [-0.1, -0.05) is 11.6 Å². The van der Waals surface area contributed by atoms with Crippen LogP contribution in [-0.4, -0.2) is 81.1 Å². The van der Waals surface area contributed by atoms with Gasteiger partial charge in [0, 0.05) is 25.5 Å². The maximum Gasteiger partial charge on any atom is 0.329 e. The fraction of sp³-hybridized carbons (Fsp3) is 0.565. The molecule has 0 aromatic carbocycles. The number of halogens is 1. The van der Waals surface area contributed by atoms with Crippen LogP contribution in [0, 0.1) is 0 Å². The Morgan fingerprint density at radius 1 is 1.40 bits per heavy atom. The molecule has 0 aliphatic carbocycles. The molecule has 0 amide bonds. The summed E-state index contributed by atoms with van der Waals surface area (Å²) in [5, 5.41) is 19.0. The number of nitrogens with one attached hydrogen (secondary N) is 1. The topological polar surface area (TPSA) is 123 Å². The standard InChI is InChI=1S/C23H31ClN6O5/c1-13(21(32)35-23(2,3)4)29-12-26-30-10-14(8-17(30)20(29)31)19-15(24)9-25-22(28-19)27-16-6-7-34-11-18(16)33-5/h8-10,12-13,16,18,20,31H,6-7,11H2,1-5H3,(H,25,27,28)/t13?,16-,18-,20?/m1/s1. The van der Waals surface area contributed by atoms with E-state index in [9.17, 15) is 9.90 Å². The van der Waals surface area contributed by atoms with Gasteiger partial charge in [-0.15, -0.1) is 0 Å². The monoisotopic (exact) mass is 506 g/mol. The van der Waals surface area contributed by atoms with E-state index in [4.69, 9.17) is 25.8 Å². The van der Waals surface area contributed by atoms with Crippen LogP contribution in [0.15, 0.2) is 23.6 Å². The number of esters is 1. The Labute approximate surface area is 209 Å². The van der Waals surface area contributed by atoms with Crippen LogP contribution in [0.3, 0.4) is 0 Å². The average Bonchev–Trinajstić information content (AvgIpc) is 3.24. The molecule has 1 saturated heterocycles. The van der Waals surface area contributed by atoms with Gasteiger partial charge in [0.05, 0.1) is 35.3 Å². The van der Waals surface area contributed by atoms with E-state index < -0.39 is 23.8 Å². The Bertz CT molecular complexity index is 1100. The van der Waals surface area contributed by atoms with Crippen molar-refractivity contribution in [2.24, 2.45) is 5.10 Å². The number of fused-ring (bicyclic) bond motifs is 1. The highest BCUT2D eigenvalue weighted by atomic mass is 35.5. The zero-order chi connectivity index (χ0) is 25.3. The first kappa shape index (κ1) is 25.4. The van der Waals surface area contributed by atoms with Gasteiger partial charge in [0.15, 0.2) is 6.23 Å². The molecule has 0 bridgehead atoms. The lowest BCUT2D eigenvalue weighted by Gasteiger charge is -2.34. The second-order valence-corrected chi connectivity index (χ2v) is 9.95. The van der Waals surface area contributed by atoms with E-state index >= 15 is 0 Å². The van der Waals surface area contributed by atoms with Crippen LogP contribution in [0.25, 0.3) is 11.3 Å². The highest BCUT2D eigenvalue weighted by molar-refractivity contribution is 6.32. The molecule has 2 aliphatic heterocycles. The van der Waals surface area contributed by atoms with Gasteiger partial charge in [-0.2, -0.15) is 5.10 Å². The summed E-state index contributed by atoms with van der Waals surface area (Å²) in [6.07, 6.45) is 4.19. The molecule has 190 valence electrons. The molecule has 11 nitrogen and oxygen atoms in total. The minimum Gasteiger partial charge on any atom is -0.458 e. The van der Waals surface area contributed by atoms with Gasteiger partial charge in [0.25, 0.3) is 0 Å². The molecule has 4 atom stereocenters. The molecular weight excluding hydrogens is 476 g/mol. The molecule has 12 heteroatoms. The first-order chi connectivity index (χ1) is 16.6. The minimum atomic E-state index is -1.12. The van der Waals surface area contributed by atoms with Gasteiger partial charge < -0.3 is 29.5 Å². The van der Waals surface area contributed by atoms with Crippen molar-refractivity contribution in [3.8, 4) is 11.3 Å². The minimum absolute atomic E-state index is 0.000611. The van der Waals surface area contributed by atoms with E-state index in [2.05, 4.69) is 20.4 Å². The Morgan fingerprint density at radius 2 is 2.17 bits per heavy atom. The largest absolute Gasteiger partial charge is 0.458 e. The number of methoxy groups -OCH3 is 1. The normalized spacial score (nSPS) is 23.1. The average molecular weight is 507 g/mol. The fourth-order valence-corrected chi connectivity index (χ4v) is 4.16. The van der Waals surface area contributed by atoms with Gasteiger partial charge in [-0.05, 0) is 40.2 Å². The molecule has 2 aromatic heterocycles. The number of carbonyl (C=O) groups excluding carboxylic acids is 1. The molecule has 35 heavy (non-hydrogen) atoms. The van der Waals surface area contributed by atoms with Crippen LogP contribution in [0.2, 0.25) is 5.02 Å². The SMILES string of the molecule is CO[C@@H]1COCC[C@H]1Nc1ncc(Cl)c(-c2cc3n(c2)N=CN(C(C)C(=O)OC(C)(C)C)C3O)n1. The predicted molar refractivity (Wildman–Crippen MR) is 130 cm³/mol. The summed E-state index contributed by atoms with van der Waals surface area (Å²) in [5.41, 5.74) is 0.959. The third kappa shape index (κ3) is 5.58. The molecular formula is C23H31ClN6O5. The van der Waals surface area contributed by atoms with Crippen molar-refractivity contribution in [1.29, 1.82) is 0 Å². The summed E-state index contributed by atoms with van der Waals surface area (Å²) in [4.78, 5) is 22.9. The van der Waals surface area contributed by atoms with Crippen molar-refractivity contribution in [3.63, 3.8) is 0 Å². The quantitative estimate of drug-likeness (QED) is 0.569. The van der Waals surface area contributed by atoms with Crippen molar-refractivity contribution < 1.29 is 24.1 Å². The third-order valence-electron chi connectivity index (χ3n) is 5.82. The highest BCUT2D eigenvalue weighted by Gasteiger charge is 2.34. The molecule has 2 aliphatic rings. The summed E-state index contributed by atoms with van der Waals surface area (Å²) in [7, 11) is 1.65. The predicted octanol–water partition coefficient (Wildman–Crippen LogP) is 2.64. The molecule has 2 N–H and O–H groups in total. The maximum absolute atomic E-state index is 12.5. The zero-order valence-corrected chi connectivity index (χ0v) is 21.2. The second-order valence-electron chi connectivity index (χ2n) is 9.54. The summed E-state index contributed by atoms with van der Waals surface area (Å²) >= 11 is 6.43. The molecule has 2 unspecified atom stereocenters. The number of aromatic nitrogens is 3. The van der Waals surface area contributed by atoms with Crippen molar-refractivity contribution in [2.45, 2.75) is 64.1 Å². The van der Waals surface area contributed by atoms with Crippen LogP contribution < -0.4 is 5.32 Å². The number of aliphatic hydroxyl groups excluding tert-OH is 1. The number of aliphatic hydroxyl groups is 1. The Kier molecular flexibility index (Phi) is 7.32. The van der Waals surface area contributed by atoms with Crippen LogP contribution in [0.4, 0.5) is 5.95 Å². The van der Waals surface area contributed by atoms with E-state index in [1.807, 2.05) is 0 Å². The van der Waals surface area contributed by atoms with Gasteiger partial charge in [-0.3, -0.25) is 0 Å². The molecule has 2 aromatic rings. The molecule has 0 spiro atoms. The van der Waals surface area contributed by atoms with Gasteiger partial charge in [0.1, 0.15) is 24.1 Å². The van der Waals surface area contributed by atoms with E-state index in [1.165, 1.54) is 22.1 Å². The van der Waals surface area contributed by atoms with Crippen LogP contribution >= 0.6 is 11.6 Å². The lowest BCUT2D eigenvalue weighted by molar-refractivity contribution is -0.162. The van der Waals surface area contributed by atoms with Gasteiger partial charge in [-0.25, -0.2) is 19.4 Å². The van der Waals surface area contributed by atoms with Gasteiger partial charge in [0.2, 0.25) is 5.95 Å². The zero-order valence-electron chi connectivity index (χ0n) is 20.4. The molecule has 1 fully saturated rings. The maximum atomic E-state index is 12.5. The Balaban J connectivity index is 1.55. The van der Waals surface area contributed by atoms with Crippen molar-refractivity contribution in [2.75, 3.05) is 25.6 Å². The Hall–Kier alpha value is -2.73. The first-order valence-corrected chi connectivity index (χ1v) is 11.8. The summed E-state index contributed by atoms with van der Waals surface area (Å²) in [6, 6.07) is 0.992. The number of ether oxygens (including phenoxy) is 3. The van der Waals surface area contributed by atoms with Crippen LogP contribution in [0.5, 0.6) is 0 Å². The highest BCUT2D eigenvalue weighted by Crippen LogP contribution is 2.33. The summed E-state index contributed by atoms with van der Waals surface area (Å²) in [6.45, 7) is 8.16. The summed E-state index contributed by atoms with van der Waals surface area (Å²) in [5.74, 6) is -0.0491. The van der Waals surface area contributed by atoms with Crippen molar-refractivity contribution in [3.05, 3.63) is 29.2 Å². The number of hydrogen-bond donors (Lipinski definition) is 2. The van der Waals surface area contributed by atoms with E-state index in [0.717, 1.165) is 6.42 Å². The number of hydrogen-bond acceptors (Lipinski definition) is 10. The number of anilines is 1. The first-order valence-electron chi connectivity index (χ1n) is 11.4. The van der Waals surface area contributed by atoms with Crippen molar-refractivity contribution in [1.82, 2.24) is 19.5 Å². The lowest BCUT2D eigenvalue weighted by atomic mass is 10.1. The van der Waals surface area contributed by atoms with E-state index in [1.54, 1.807) is 47.1 Å². The lowest BCUT2D eigenvalue weighted by Crippen LogP contribution is -2.45. The van der Waals surface area contributed by atoms with Gasteiger partial charge >= 0.3 is 5.97 Å². The molecule has 4 rings (SSSR count). The number of nitrogens with zero attached hydrogens (tertiary/aromatic N) is 5. The third-order valence-corrected chi connectivity index (χ3v) is 6.10. The molecule has 0 radical (unpaired) electrons. The number of carbonyl (C=O) groups is 1. The van der Waals surface area contributed by atoms with E-state index in [-0.39, 0.29) is 12.1 Å². The van der Waals surface area contributed by atoms with Crippen LogP contribution in [-0.2, 0) is 19.0 Å². The molecule has 4 heterocycles. The molecule has 0 saturated carbocycles. The van der Waals surface area contributed by atoms with Crippen molar-refractivity contribution >= 4 is 29.9 Å². The number of rotatable bonds is 6. The second kappa shape index (κ2) is 10.1. The summed E-state index contributed by atoms with van der Waals surface area (Å²) < 4.78 is 18.0. The Morgan fingerprint density at radius 3 is 2.89 bits per heavy atom. The smallest absolute Gasteiger partial charge is 0.329 e. The fourth-order valence-electron chi connectivity index (χ4n) is 3.96. The van der Waals surface area contributed by atoms with Crippen LogP contribution in [0.1, 0.15) is 46.0 Å². The van der Waals surface area contributed by atoms with E-state index in [0.29, 0.717) is 41.1 Å².